The normalized spacial score (nSPS) is 12.0. The number of nitrogens with one attached hydrogen (secondary N) is 1. The van der Waals surface area contributed by atoms with Crippen LogP contribution in [0.25, 0.3) is 16.9 Å². The van der Waals surface area contributed by atoms with Crippen LogP contribution in [-0.2, 0) is 6.54 Å². The number of aryl methyl sites for hydroxylation is 2. The maximum atomic E-state index is 14.0. The second-order valence-corrected chi connectivity index (χ2v) is 7.93. The van der Waals surface area contributed by atoms with Crippen molar-refractivity contribution in [3.63, 3.8) is 0 Å². The molecule has 4 aromatic rings. The number of halogens is 2. The quantitative estimate of drug-likeness (QED) is 0.498. The number of carbonyl (C=O) groups excluding carboxylic acids is 1. The molecule has 1 aromatic carbocycles. The number of imidazole rings is 1. The lowest BCUT2D eigenvalue weighted by Crippen LogP contribution is -2.36. The van der Waals surface area contributed by atoms with Crippen molar-refractivity contribution < 1.29 is 9.18 Å². The monoisotopic (exact) mass is 451 g/mol. The van der Waals surface area contributed by atoms with E-state index in [9.17, 15) is 9.18 Å². The molecular weight excluding hydrogens is 433 g/mol. The summed E-state index contributed by atoms with van der Waals surface area (Å²) >= 11 is 5.98. The summed E-state index contributed by atoms with van der Waals surface area (Å²) in [4.78, 5) is 21.4. The van der Waals surface area contributed by atoms with E-state index >= 15 is 0 Å². The van der Waals surface area contributed by atoms with Gasteiger partial charge in [0.15, 0.2) is 0 Å². The van der Waals surface area contributed by atoms with E-state index in [1.165, 1.54) is 12.1 Å². The molecule has 1 N–H and O–H groups in total. The van der Waals surface area contributed by atoms with Gasteiger partial charge in [-0.3, -0.25) is 13.9 Å². The van der Waals surface area contributed by atoms with E-state index in [1.807, 2.05) is 26.8 Å². The molecule has 10 heteroatoms. The fourth-order valence-corrected chi connectivity index (χ4v) is 3.71. The van der Waals surface area contributed by atoms with Gasteiger partial charge in [0.1, 0.15) is 34.6 Å². The van der Waals surface area contributed by atoms with Gasteiger partial charge >= 0.3 is 0 Å². The molecule has 1 amide bonds. The SMILES string of the molecule is Cc1cc2nc(C(=O)NC(C)Cn3ccc(-c4cc(F)c(C#N)c(Cl)c4)n3)cn2c(C)n1. The van der Waals surface area contributed by atoms with Crippen molar-refractivity contribution in [1.82, 2.24) is 29.5 Å². The van der Waals surface area contributed by atoms with Gasteiger partial charge in [0.2, 0.25) is 0 Å². The van der Waals surface area contributed by atoms with Crippen LogP contribution in [0, 0.1) is 31.0 Å². The van der Waals surface area contributed by atoms with E-state index in [4.69, 9.17) is 16.9 Å². The van der Waals surface area contributed by atoms with Crippen LogP contribution in [0.3, 0.4) is 0 Å². The molecule has 0 aliphatic heterocycles. The molecule has 0 aliphatic carbocycles. The maximum absolute atomic E-state index is 14.0. The van der Waals surface area contributed by atoms with Crippen molar-refractivity contribution in [2.75, 3.05) is 0 Å². The minimum atomic E-state index is -0.696. The van der Waals surface area contributed by atoms with E-state index < -0.39 is 5.82 Å². The predicted octanol–water partition coefficient (Wildman–Crippen LogP) is 3.69. The van der Waals surface area contributed by atoms with Crippen LogP contribution in [0.15, 0.2) is 36.7 Å². The zero-order chi connectivity index (χ0) is 23.0. The van der Waals surface area contributed by atoms with Gasteiger partial charge in [-0.1, -0.05) is 11.6 Å². The number of nitrogens with zero attached hydrogens (tertiary/aromatic N) is 6. The molecule has 32 heavy (non-hydrogen) atoms. The van der Waals surface area contributed by atoms with Gasteiger partial charge in [0.25, 0.3) is 5.91 Å². The number of amides is 1. The fourth-order valence-electron chi connectivity index (χ4n) is 3.46. The Morgan fingerprint density at radius 1 is 1.31 bits per heavy atom. The van der Waals surface area contributed by atoms with Crippen LogP contribution in [0.1, 0.15) is 34.5 Å². The highest BCUT2D eigenvalue weighted by atomic mass is 35.5. The summed E-state index contributed by atoms with van der Waals surface area (Å²) in [5.74, 6) is -0.243. The van der Waals surface area contributed by atoms with Crippen molar-refractivity contribution in [3.05, 3.63) is 70.3 Å². The van der Waals surface area contributed by atoms with Crippen LogP contribution in [-0.4, -0.2) is 36.1 Å². The molecule has 0 fully saturated rings. The lowest BCUT2D eigenvalue weighted by atomic mass is 10.1. The van der Waals surface area contributed by atoms with Gasteiger partial charge in [-0.15, -0.1) is 0 Å². The first-order chi connectivity index (χ1) is 15.2. The lowest BCUT2D eigenvalue weighted by molar-refractivity contribution is 0.0931. The number of hydrogen-bond donors (Lipinski definition) is 1. The molecule has 0 bridgehead atoms. The molecule has 1 atom stereocenters. The predicted molar refractivity (Wildman–Crippen MR) is 117 cm³/mol. The second-order valence-electron chi connectivity index (χ2n) is 7.52. The van der Waals surface area contributed by atoms with Gasteiger partial charge in [0.05, 0.1) is 17.3 Å². The van der Waals surface area contributed by atoms with Crippen LogP contribution in [0.4, 0.5) is 4.39 Å². The number of aromatic nitrogens is 5. The summed E-state index contributed by atoms with van der Waals surface area (Å²) in [6.45, 7) is 5.98. The van der Waals surface area contributed by atoms with Gasteiger partial charge < -0.3 is 5.32 Å². The maximum Gasteiger partial charge on any atom is 0.271 e. The van der Waals surface area contributed by atoms with Crippen molar-refractivity contribution >= 4 is 23.2 Å². The highest BCUT2D eigenvalue weighted by Gasteiger charge is 2.16. The van der Waals surface area contributed by atoms with Crippen LogP contribution >= 0.6 is 11.6 Å². The largest absolute Gasteiger partial charge is 0.346 e. The Hall–Kier alpha value is -3.77. The Bertz CT molecular complexity index is 1360. The van der Waals surface area contributed by atoms with Crippen molar-refractivity contribution in [2.24, 2.45) is 0 Å². The van der Waals surface area contributed by atoms with E-state index in [0.29, 0.717) is 29.1 Å². The molecule has 8 nitrogen and oxygen atoms in total. The summed E-state index contributed by atoms with van der Waals surface area (Å²) in [5.41, 5.74) is 2.57. The van der Waals surface area contributed by atoms with Gasteiger partial charge in [-0.2, -0.15) is 10.4 Å². The van der Waals surface area contributed by atoms with Crippen molar-refractivity contribution in [2.45, 2.75) is 33.4 Å². The third-order valence-electron chi connectivity index (χ3n) is 4.92. The smallest absolute Gasteiger partial charge is 0.271 e. The summed E-state index contributed by atoms with van der Waals surface area (Å²) in [5, 5.41) is 16.3. The molecule has 0 aliphatic rings. The average Bonchev–Trinajstić information content (AvgIpc) is 3.35. The third kappa shape index (κ3) is 4.18. The van der Waals surface area contributed by atoms with Crippen LogP contribution < -0.4 is 5.32 Å². The van der Waals surface area contributed by atoms with E-state index in [1.54, 1.807) is 33.6 Å². The zero-order valence-corrected chi connectivity index (χ0v) is 18.4. The highest BCUT2D eigenvalue weighted by molar-refractivity contribution is 6.32. The topological polar surface area (TPSA) is 101 Å². The molecule has 0 spiro atoms. The van der Waals surface area contributed by atoms with Gasteiger partial charge in [0, 0.05) is 35.8 Å². The van der Waals surface area contributed by atoms with Gasteiger partial charge in [-0.05, 0) is 39.0 Å². The molecule has 1 unspecified atom stereocenters. The number of benzene rings is 1. The van der Waals surface area contributed by atoms with E-state index in [2.05, 4.69) is 20.4 Å². The first-order valence-corrected chi connectivity index (χ1v) is 10.2. The summed E-state index contributed by atoms with van der Waals surface area (Å²) in [6, 6.07) is 7.75. The van der Waals surface area contributed by atoms with Crippen LogP contribution in [0.5, 0.6) is 0 Å². The Morgan fingerprint density at radius 3 is 2.81 bits per heavy atom. The molecule has 0 radical (unpaired) electrons. The number of carbonyl (C=O) groups is 1. The molecule has 0 saturated heterocycles. The Labute approximate surface area is 188 Å². The summed E-state index contributed by atoms with van der Waals surface area (Å²) in [7, 11) is 0. The minimum Gasteiger partial charge on any atom is -0.346 e. The second kappa shape index (κ2) is 8.40. The summed E-state index contributed by atoms with van der Waals surface area (Å²) in [6.07, 6.45) is 3.39. The number of fused-ring (bicyclic) bond motifs is 1. The van der Waals surface area contributed by atoms with Crippen molar-refractivity contribution in [1.29, 1.82) is 5.26 Å². The van der Waals surface area contributed by atoms with Gasteiger partial charge in [-0.25, -0.2) is 14.4 Å². The Morgan fingerprint density at radius 2 is 2.09 bits per heavy atom. The summed E-state index contributed by atoms with van der Waals surface area (Å²) < 4.78 is 17.5. The molecule has 3 aromatic heterocycles. The van der Waals surface area contributed by atoms with Crippen molar-refractivity contribution in [3.8, 4) is 17.3 Å². The number of rotatable bonds is 5. The number of hydrogen-bond acceptors (Lipinski definition) is 5. The first-order valence-electron chi connectivity index (χ1n) is 9.82. The first kappa shape index (κ1) is 21.5. The molecule has 162 valence electrons. The third-order valence-corrected chi connectivity index (χ3v) is 5.22. The standard InChI is InChI=1S/C22H19ClFN7O/c1-12-6-21-28-20(11-31(21)14(3)26-12)22(32)27-13(2)10-30-5-4-19(29-30)15-7-17(23)16(9-25)18(24)8-15/h4-8,11,13H,10H2,1-3H3,(H,27,32). The fraction of sp³-hybridized carbons (Fsp3) is 0.227. The Balaban J connectivity index is 1.46. The highest BCUT2D eigenvalue weighted by Crippen LogP contribution is 2.26. The molecule has 3 heterocycles. The average molecular weight is 452 g/mol. The van der Waals surface area contributed by atoms with E-state index in [-0.39, 0.29) is 22.5 Å². The number of nitriles is 1. The zero-order valence-electron chi connectivity index (χ0n) is 17.6. The molecule has 0 saturated carbocycles. The van der Waals surface area contributed by atoms with Crippen LogP contribution in [0.2, 0.25) is 5.02 Å². The minimum absolute atomic E-state index is 0.0331. The van der Waals surface area contributed by atoms with E-state index in [0.717, 1.165) is 11.5 Å². The molecule has 4 rings (SSSR count). The lowest BCUT2D eigenvalue weighted by Gasteiger charge is -2.13. The Kier molecular flexibility index (Phi) is 5.63. The molecular formula is C22H19ClFN7O.